The van der Waals surface area contributed by atoms with E-state index in [4.69, 9.17) is 0 Å². The molecular formula is C15H19NOS. The van der Waals surface area contributed by atoms with E-state index in [0.29, 0.717) is 6.42 Å². The van der Waals surface area contributed by atoms with Crippen LogP contribution in [0, 0.1) is 6.92 Å². The minimum absolute atomic E-state index is 0.188. The Morgan fingerprint density at radius 3 is 2.56 bits per heavy atom. The van der Waals surface area contributed by atoms with Gasteiger partial charge in [-0.05, 0) is 18.9 Å². The number of aryl methyl sites for hydroxylation is 1. The Morgan fingerprint density at radius 1 is 1.28 bits per heavy atom. The molecule has 0 saturated carbocycles. The van der Waals surface area contributed by atoms with Gasteiger partial charge in [-0.25, -0.2) is 4.98 Å². The van der Waals surface area contributed by atoms with Crippen molar-refractivity contribution in [2.75, 3.05) is 0 Å². The molecule has 2 unspecified atom stereocenters. The van der Waals surface area contributed by atoms with Gasteiger partial charge >= 0.3 is 0 Å². The quantitative estimate of drug-likeness (QED) is 0.893. The van der Waals surface area contributed by atoms with Gasteiger partial charge in [-0.2, -0.15) is 0 Å². The second-order valence-electron chi connectivity index (χ2n) is 4.55. The minimum atomic E-state index is -0.362. The van der Waals surface area contributed by atoms with Crippen LogP contribution >= 0.6 is 11.3 Å². The number of aliphatic hydroxyl groups excluding tert-OH is 1. The number of nitrogens with zero attached hydrogens (tertiary/aromatic N) is 1. The maximum Gasteiger partial charge on any atom is 0.0897 e. The minimum Gasteiger partial charge on any atom is -0.392 e. The van der Waals surface area contributed by atoms with Crippen molar-refractivity contribution < 1.29 is 5.11 Å². The van der Waals surface area contributed by atoms with Gasteiger partial charge in [0, 0.05) is 17.7 Å². The average Bonchev–Trinajstić information content (AvgIpc) is 2.77. The van der Waals surface area contributed by atoms with Gasteiger partial charge in [-0.1, -0.05) is 37.3 Å². The zero-order valence-corrected chi connectivity index (χ0v) is 11.7. The Bertz CT molecular complexity index is 480. The third-order valence-electron chi connectivity index (χ3n) is 3.22. The van der Waals surface area contributed by atoms with E-state index in [1.54, 1.807) is 11.3 Å². The first-order valence-electron chi connectivity index (χ1n) is 6.34. The Hall–Kier alpha value is -1.19. The third kappa shape index (κ3) is 3.18. The predicted octanol–water partition coefficient (Wildman–Crippen LogP) is 3.55. The highest BCUT2D eigenvalue weighted by Gasteiger charge is 2.20. The fourth-order valence-corrected chi connectivity index (χ4v) is 2.91. The summed E-state index contributed by atoms with van der Waals surface area (Å²) in [5, 5.41) is 13.5. The molecule has 2 rings (SSSR count). The van der Waals surface area contributed by atoms with Crippen molar-refractivity contribution >= 4 is 11.3 Å². The molecule has 2 nitrogen and oxygen atoms in total. The standard InChI is InChI=1S/C15H19NOS/c1-3-14(12-7-5-4-6-8-12)15(17)9-13-10-18-11(2)16-13/h4-8,10,14-15,17H,3,9H2,1-2H3. The highest BCUT2D eigenvalue weighted by molar-refractivity contribution is 7.09. The third-order valence-corrected chi connectivity index (χ3v) is 4.04. The van der Waals surface area contributed by atoms with E-state index >= 15 is 0 Å². The molecule has 1 aromatic heterocycles. The van der Waals surface area contributed by atoms with Gasteiger partial charge in [-0.15, -0.1) is 11.3 Å². The Kier molecular flexibility index (Phi) is 4.50. The number of rotatable bonds is 5. The van der Waals surface area contributed by atoms with Crippen LogP contribution in [-0.4, -0.2) is 16.2 Å². The lowest BCUT2D eigenvalue weighted by Crippen LogP contribution is -2.20. The largest absolute Gasteiger partial charge is 0.392 e. The summed E-state index contributed by atoms with van der Waals surface area (Å²) < 4.78 is 0. The average molecular weight is 261 g/mol. The van der Waals surface area contributed by atoms with E-state index in [0.717, 1.165) is 17.1 Å². The van der Waals surface area contributed by atoms with Crippen molar-refractivity contribution in [3.8, 4) is 0 Å². The summed E-state index contributed by atoms with van der Waals surface area (Å²) in [5.74, 6) is 0.188. The molecule has 0 saturated heterocycles. The molecule has 18 heavy (non-hydrogen) atoms. The van der Waals surface area contributed by atoms with Crippen LogP contribution < -0.4 is 0 Å². The molecule has 0 spiro atoms. The molecule has 2 atom stereocenters. The summed E-state index contributed by atoms with van der Waals surface area (Å²) in [5.41, 5.74) is 2.21. The van der Waals surface area contributed by atoms with Crippen LogP contribution in [0.25, 0.3) is 0 Å². The normalized spacial score (nSPS) is 14.4. The maximum absolute atomic E-state index is 10.4. The molecule has 0 aliphatic rings. The monoisotopic (exact) mass is 261 g/mol. The van der Waals surface area contributed by atoms with Crippen molar-refractivity contribution in [2.45, 2.75) is 38.7 Å². The molecule has 1 N–H and O–H groups in total. The summed E-state index contributed by atoms with van der Waals surface area (Å²) >= 11 is 1.64. The Labute approximate surface area is 112 Å². The van der Waals surface area contributed by atoms with Gasteiger partial charge in [0.1, 0.15) is 0 Å². The molecule has 0 aliphatic heterocycles. The maximum atomic E-state index is 10.4. The number of thiazole rings is 1. The van der Waals surface area contributed by atoms with Gasteiger partial charge < -0.3 is 5.11 Å². The smallest absolute Gasteiger partial charge is 0.0897 e. The molecular weight excluding hydrogens is 242 g/mol. The van der Waals surface area contributed by atoms with Crippen LogP contribution in [0.4, 0.5) is 0 Å². The number of aromatic nitrogens is 1. The van der Waals surface area contributed by atoms with E-state index < -0.39 is 0 Å². The molecule has 2 aromatic rings. The molecule has 1 heterocycles. The van der Waals surface area contributed by atoms with Gasteiger partial charge in [0.2, 0.25) is 0 Å². The molecule has 0 radical (unpaired) electrons. The highest BCUT2D eigenvalue weighted by Crippen LogP contribution is 2.25. The summed E-state index contributed by atoms with van der Waals surface area (Å²) in [4.78, 5) is 4.42. The van der Waals surface area contributed by atoms with Gasteiger partial charge in [0.25, 0.3) is 0 Å². The van der Waals surface area contributed by atoms with E-state index in [-0.39, 0.29) is 12.0 Å². The molecule has 96 valence electrons. The summed E-state index contributed by atoms with van der Waals surface area (Å²) in [7, 11) is 0. The van der Waals surface area contributed by atoms with E-state index in [1.165, 1.54) is 5.56 Å². The zero-order valence-electron chi connectivity index (χ0n) is 10.8. The second-order valence-corrected chi connectivity index (χ2v) is 5.62. The van der Waals surface area contributed by atoms with Crippen LogP contribution in [-0.2, 0) is 6.42 Å². The highest BCUT2D eigenvalue weighted by atomic mass is 32.1. The zero-order chi connectivity index (χ0) is 13.0. The summed E-state index contributed by atoms with van der Waals surface area (Å²) in [6, 6.07) is 10.2. The van der Waals surface area contributed by atoms with Crippen molar-refractivity contribution in [1.82, 2.24) is 4.98 Å². The van der Waals surface area contributed by atoms with Gasteiger partial charge in [0.15, 0.2) is 0 Å². The van der Waals surface area contributed by atoms with Crippen LogP contribution in [0.5, 0.6) is 0 Å². The Balaban J connectivity index is 2.08. The number of hydrogen-bond donors (Lipinski definition) is 1. The second kappa shape index (κ2) is 6.12. The molecule has 1 aromatic carbocycles. The predicted molar refractivity (Wildman–Crippen MR) is 76.0 cm³/mol. The van der Waals surface area contributed by atoms with Gasteiger partial charge in [0.05, 0.1) is 16.8 Å². The lowest BCUT2D eigenvalue weighted by Gasteiger charge is -2.21. The number of aliphatic hydroxyl groups is 1. The summed E-state index contributed by atoms with van der Waals surface area (Å²) in [6.07, 6.45) is 1.21. The SMILES string of the molecule is CCC(c1ccccc1)C(O)Cc1csc(C)n1. The lowest BCUT2D eigenvalue weighted by molar-refractivity contribution is 0.140. The van der Waals surface area contributed by atoms with E-state index in [2.05, 4.69) is 24.0 Å². The molecule has 0 amide bonds. The van der Waals surface area contributed by atoms with Crippen LogP contribution in [0.2, 0.25) is 0 Å². The van der Waals surface area contributed by atoms with Crippen molar-refractivity contribution in [3.63, 3.8) is 0 Å². The van der Waals surface area contributed by atoms with Crippen molar-refractivity contribution in [3.05, 3.63) is 52.0 Å². The van der Waals surface area contributed by atoms with Gasteiger partial charge in [-0.3, -0.25) is 0 Å². The first-order valence-corrected chi connectivity index (χ1v) is 7.22. The van der Waals surface area contributed by atoms with E-state index in [9.17, 15) is 5.11 Å². The first kappa shape index (κ1) is 13.2. The van der Waals surface area contributed by atoms with Crippen molar-refractivity contribution in [1.29, 1.82) is 0 Å². The van der Waals surface area contributed by atoms with Crippen LogP contribution in [0.3, 0.4) is 0 Å². The number of benzene rings is 1. The molecule has 0 bridgehead atoms. The fraction of sp³-hybridized carbons (Fsp3) is 0.400. The fourth-order valence-electron chi connectivity index (χ4n) is 2.29. The molecule has 0 fully saturated rings. The van der Waals surface area contributed by atoms with E-state index in [1.807, 2.05) is 30.5 Å². The first-order chi connectivity index (χ1) is 8.70. The topological polar surface area (TPSA) is 33.1 Å². The molecule has 3 heteroatoms. The number of hydrogen-bond acceptors (Lipinski definition) is 3. The lowest BCUT2D eigenvalue weighted by atomic mass is 9.89. The van der Waals surface area contributed by atoms with Crippen LogP contribution in [0.15, 0.2) is 35.7 Å². The summed E-state index contributed by atoms with van der Waals surface area (Å²) in [6.45, 7) is 4.11. The Morgan fingerprint density at radius 2 is 2.00 bits per heavy atom. The van der Waals surface area contributed by atoms with Crippen molar-refractivity contribution in [2.24, 2.45) is 0 Å². The van der Waals surface area contributed by atoms with Crippen LogP contribution in [0.1, 0.15) is 35.5 Å². The molecule has 0 aliphatic carbocycles.